The molecule has 2 N–H and O–H groups in total. The Bertz CT molecular complexity index is 1220. The molecule has 0 spiro atoms. The summed E-state index contributed by atoms with van der Waals surface area (Å²) in [7, 11) is 5.71. The highest BCUT2D eigenvalue weighted by Gasteiger charge is 2.30. The molecule has 1 aromatic carbocycles. The van der Waals surface area contributed by atoms with Crippen molar-refractivity contribution in [3.8, 4) is 11.4 Å². The van der Waals surface area contributed by atoms with Crippen LogP contribution in [-0.4, -0.2) is 60.2 Å². The molecule has 1 saturated carbocycles. The van der Waals surface area contributed by atoms with Crippen LogP contribution in [0.15, 0.2) is 72.5 Å². The predicted molar refractivity (Wildman–Crippen MR) is 151 cm³/mol. The standard InChI is InChI=1S/C29H36N6O/c1-8-21(18-35(6)7)22-10-9-11-23(13-22)28-31-17-27(24(16-30-5)12-19(2)3)29(34-28)33-26-14-25(15-26)32-20(4)36/h8-13,16-18,25-26H,1-2,14-15H2,3-7H3,(H,32,36)(H,31,33,34)/b21-18+,24-12+,30-16?. The third-order valence-corrected chi connectivity index (χ3v) is 5.73. The Labute approximate surface area is 214 Å². The van der Waals surface area contributed by atoms with Gasteiger partial charge in [-0.1, -0.05) is 49.1 Å². The first kappa shape index (κ1) is 26.6. The summed E-state index contributed by atoms with van der Waals surface area (Å²) in [5.74, 6) is 1.35. The fraction of sp³-hybridized carbons (Fsp3) is 0.310. The third kappa shape index (κ3) is 7.01. The molecule has 0 unspecified atom stereocenters. The molecular weight excluding hydrogens is 448 g/mol. The summed E-state index contributed by atoms with van der Waals surface area (Å²) >= 11 is 0. The summed E-state index contributed by atoms with van der Waals surface area (Å²) in [5, 5.41) is 6.56. The van der Waals surface area contributed by atoms with E-state index in [1.165, 1.54) is 0 Å². The van der Waals surface area contributed by atoms with Gasteiger partial charge in [0.2, 0.25) is 5.91 Å². The number of aromatic nitrogens is 2. The third-order valence-electron chi connectivity index (χ3n) is 5.73. The molecule has 7 heteroatoms. The van der Waals surface area contributed by atoms with Crippen molar-refractivity contribution in [3.05, 3.63) is 78.7 Å². The lowest BCUT2D eigenvalue weighted by atomic mass is 9.86. The van der Waals surface area contributed by atoms with Gasteiger partial charge in [-0.05, 0) is 37.0 Å². The van der Waals surface area contributed by atoms with Crippen LogP contribution in [0.4, 0.5) is 5.82 Å². The predicted octanol–water partition coefficient (Wildman–Crippen LogP) is 4.97. The average Bonchev–Trinajstić information content (AvgIpc) is 2.80. The fourth-order valence-electron chi connectivity index (χ4n) is 4.13. The van der Waals surface area contributed by atoms with Crippen LogP contribution in [-0.2, 0) is 4.79 Å². The number of aliphatic imine (C=N–C) groups is 1. The van der Waals surface area contributed by atoms with Gasteiger partial charge in [0.25, 0.3) is 0 Å². The minimum atomic E-state index is -0.00334. The molecule has 1 amide bonds. The molecule has 0 aliphatic heterocycles. The monoisotopic (exact) mass is 484 g/mol. The molecule has 0 radical (unpaired) electrons. The Hall–Kier alpha value is -4.00. The molecule has 36 heavy (non-hydrogen) atoms. The molecule has 1 aromatic heterocycles. The minimum Gasteiger partial charge on any atom is -0.383 e. The molecule has 0 atom stereocenters. The maximum absolute atomic E-state index is 11.4. The van der Waals surface area contributed by atoms with Crippen LogP contribution in [0.5, 0.6) is 0 Å². The van der Waals surface area contributed by atoms with Gasteiger partial charge in [-0.15, -0.1) is 0 Å². The molecule has 0 saturated heterocycles. The highest BCUT2D eigenvalue weighted by Crippen LogP contribution is 2.30. The van der Waals surface area contributed by atoms with Crippen LogP contribution < -0.4 is 10.6 Å². The van der Waals surface area contributed by atoms with Gasteiger partial charge < -0.3 is 15.5 Å². The summed E-state index contributed by atoms with van der Waals surface area (Å²) in [6.07, 6.45) is 11.2. The first-order valence-electron chi connectivity index (χ1n) is 12.0. The van der Waals surface area contributed by atoms with Crippen molar-refractivity contribution >= 4 is 29.1 Å². The van der Waals surface area contributed by atoms with E-state index in [-0.39, 0.29) is 18.0 Å². The zero-order valence-corrected chi connectivity index (χ0v) is 21.9. The SMILES string of the molecule is C=C/C(=C\N(C)C)c1cccc(-c2ncc(/C(C=NC)=C/C(=C)C)c(NC3CC(NC(C)=O)C3)n2)c1. The number of hydrogen-bond donors (Lipinski definition) is 2. The second kappa shape index (κ2) is 12.1. The topological polar surface area (TPSA) is 82.5 Å². The van der Waals surface area contributed by atoms with Crippen LogP contribution in [0, 0.1) is 0 Å². The van der Waals surface area contributed by atoms with Crippen molar-refractivity contribution < 1.29 is 4.79 Å². The zero-order chi connectivity index (χ0) is 26.2. The Morgan fingerprint density at radius 3 is 2.56 bits per heavy atom. The number of anilines is 1. The number of nitrogens with zero attached hydrogens (tertiary/aromatic N) is 4. The quantitative estimate of drug-likeness (QED) is 0.367. The number of benzene rings is 1. The second-order valence-corrected chi connectivity index (χ2v) is 9.33. The zero-order valence-electron chi connectivity index (χ0n) is 21.9. The first-order valence-corrected chi connectivity index (χ1v) is 12.0. The van der Waals surface area contributed by atoms with Crippen molar-refractivity contribution in [1.29, 1.82) is 0 Å². The fourth-order valence-corrected chi connectivity index (χ4v) is 4.13. The normalized spacial score (nSPS) is 17.9. The van der Waals surface area contributed by atoms with E-state index in [1.54, 1.807) is 20.2 Å². The highest BCUT2D eigenvalue weighted by atomic mass is 16.1. The molecule has 1 aliphatic rings. The molecule has 7 nitrogen and oxygen atoms in total. The van der Waals surface area contributed by atoms with Crippen molar-refractivity contribution in [2.24, 2.45) is 4.99 Å². The number of rotatable bonds is 10. The van der Waals surface area contributed by atoms with E-state index < -0.39 is 0 Å². The average molecular weight is 485 g/mol. The van der Waals surface area contributed by atoms with Gasteiger partial charge in [0, 0.05) is 75.5 Å². The summed E-state index contributed by atoms with van der Waals surface area (Å²) in [6.45, 7) is 11.5. The largest absolute Gasteiger partial charge is 0.383 e. The van der Waals surface area contributed by atoms with Crippen molar-refractivity contribution in [2.75, 3.05) is 26.5 Å². The van der Waals surface area contributed by atoms with Crippen LogP contribution in [0.2, 0.25) is 0 Å². The van der Waals surface area contributed by atoms with E-state index in [2.05, 4.69) is 40.9 Å². The van der Waals surface area contributed by atoms with Crippen molar-refractivity contribution in [3.63, 3.8) is 0 Å². The Morgan fingerprint density at radius 1 is 1.19 bits per heavy atom. The highest BCUT2D eigenvalue weighted by molar-refractivity contribution is 6.12. The van der Waals surface area contributed by atoms with Gasteiger partial charge in [-0.25, -0.2) is 9.97 Å². The Morgan fingerprint density at radius 2 is 1.94 bits per heavy atom. The van der Waals surface area contributed by atoms with E-state index in [4.69, 9.17) is 9.97 Å². The number of hydrogen-bond acceptors (Lipinski definition) is 6. The van der Waals surface area contributed by atoms with Gasteiger partial charge in [-0.2, -0.15) is 0 Å². The van der Waals surface area contributed by atoms with E-state index in [0.29, 0.717) is 5.82 Å². The van der Waals surface area contributed by atoms with E-state index >= 15 is 0 Å². The van der Waals surface area contributed by atoms with Gasteiger partial charge >= 0.3 is 0 Å². The maximum atomic E-state index is 11.4. The lowest BCUT2D eigenvalue weighted by Crippen LogP contribution is -2.49. The van der Waals surface area contributed by atoms with Crippen LogP contribution in [0.3, 0.4) is 0 Å². The molecule has 0 bridgehead atoms. The van der Waals surface area contributed by atoms with E-state index in [0.717, 1.165) is 52.1 Å². The van der Waals surface area contributed by atoms with Crippen molar-refractivity contribution in [1.82, 2.24) is 20.2 Å². The molecule has 3 rings (SSSR count). The van der Waals surface area contributed by atoms with E-state index in [1.807, 2.05) is 62.6 Å². The number of amides is 1. The van der Waals surface area contributed by atoms with Gasteiger partial charge in [0.05, 0.1) is 0 Å². The molecule has 1 heterocycles. The van der Waals surface area contributed by atoms with E-state index in [9.17, 15) is 4.79 Å². The molecule has 2 aromatic rings. The molecule has 188 valence electrons. The smallest absolute Gasteiger partial charge is 0.217 e. The van der Waals surface area contributed by atoms with Crippen LogP contribution in [0.25, 0.3) is 22.5 Å². The maximum Gasteiger partial charge on any atom is 0.217 e. The number of carbonyl (C=O) groups is 1. The Kier molecular flexibility index (Phi) is 8.95. The summed E-state index contributed by atoms with van der Waals surface area (Å²) in [5.41, 5.74) is 5.61. The second-order valence-electron chi connectivity index (χ2n) is 9.33. The lowest BCUT2D eigenvalue weighted by Gasteiger charge is -2.36. The van der Waals surface area contributed by atoms with Crippen LogP contribution in [0.1, 0.15) is 37.8 Å². The number of carbonyl (C=O) groups excluding carboxylic acids is 1. The van der Waals surface area contributed by atoms with Gasteiger partial charge in [0.1, 0.15) is 5.82 Å². The first-order chi connectivity index (χ1) is 17.2. The van der Waals surface area contributed by atoms with Gasteiger partial charge in [0.15, 0.2) is 5.82 Å². The van der Waals surface area contributed by atoms with Gasteiger partial charge in [-0.3, -0.25) is 9.79 Å². The summed E-state index contributed by atoms with van der Waals surface area (Å²) in [6, 6.07) is 8.52. The summed E-state index contributed by atoms with van der Waals surface area (Å²) in [4.78, 5) is 27.3. The molecular formula is C29H36N6O. The lowest BCUT2D eigenvalue weighted by molar-refractivity contribution is -0.120. The van der Waals surface area contributed by atoms with Crippen LogP contribution >= 0.6 is 0 Å². The van der Waals surface area contributed by atoms with Crippen molar-refractivity contribution in [2.45, 2.75) is 38.8 Å². The molecule has 1 fully saturated rings. The molecule has 1 aliphatic carbocycles. The summed E-state index contributed by atoms with van der Waals surface area (Å²) < 4.78 is 0. The Balaban J connectivity index is 2.01. The number of allylic oxidation sites excluding steroid dienone is 5. The number of nitrogens with one attached hydrogen (secondary N) is 2. The minimum absolute atomic E-state index is 0.00334.